The van der Waals surface area contributed by atoms with Crippen LogP contribution in [0.5, 0.6) is 0 Å². The molecule has 4 bridgehead atoms. The molecule has 33 nitrogen and oxygen atoms in total. The Balaban J connectivity index is 1.01. The minimum atomic E-state index is -3.85. The van der Waals surface area contributed by atoms with E-state index in [4.69, 9.17) is 59.6 Å². The summed E-state index contributed by atoms with van der Waals surface area (Å²) < 4.78 is 62.3. The summed E-state index contributed by atoms with van der Waals surface area (Å²) in [5, 5.41) is 34.4. The lowest BCUT2D eigenvalue weighted by molar-refractivity contribution is -0.371. The van der Waals surface area contributed by atoms with Gasteiger partial charge < -0.3 is 62.9 Å². The smallest absolute Gasteiger partial charge is 0.558 e. The van der Waals surface area contributed by atoms with Crippen molar-refractivity contribution in [3.63, 3.8) is 0 Å². The van der Waals surface area contributed by atoms with E-state index in [1.165, 1.54) is 29.4 Å². The van der Waals surface area contributed by atoms with Crippen molar-refractivity contribution < 1.29 is 118 Å². The van der Waals surface area contributed by atoms with Gasteiger partial charge in [-0.15, -0.1) is 18.6 Å². The lowest BCUT2D eigenvalue weighted by Gasteiger charge is -2.28. The van der Waals surface area contributed by atoms with Crippen LogP contribution < -0.4 is 15.3 Å². The molecule has 0 aromatic carbocycles. The first-order valence-electron chi connectivity index (χ1n) is 19.7. The van der Waals surface area contributed by atoms with Gasteiger partial charge in [0.25, 0.3) is 35.8 Å². The summed E-state index contributed by atoms with van der Waals surface area (Å²) in [5.41, 5.74) is 0. The quantitative estimate of drug-likeness (QED) is 0.0835. The van der Waals surface area contributed by atoms with Crippen LogP contribution in [0, 0.1) is 0 Å². The Hall–Kier alpha value is -4.59. The summed E-state index contributed by atoms with van der Waals surface area (Å²) in [6, 6.07) is 0. The van der Waals surface area contributed by atoms with Gasteiger partial charge in [0.2, 0.25) is 0 Å². The van der Waals surface area contributed by atoms with Crippen LogP contribution in [0.4, 0.5) is 0 Å². The van der Waals surface area contributed by atoms with Crippen LogP contribution in [-0.4, -0.2) is 279 Å². The number of carbonyl (C=O) groups excluding carboxylic acids is 12. The molecule has 0 N–H and O–H groups in total. The van der Waals surface area contributed by atoms with Gasteiger partial charge in [0.05, 0.1) is 57.2 Å². The fraction of sp³-hybridized carbons (Fsp3) is 0.600. The Morgan fingerprint density at radius 2 is 1.22 bits per heavy atom. The van der Waals surface area contributed by atoms with Crippen molar-refractivity contribution in [2.24, 2.45) is 0 Å². The number of fused-ring (bicyclic) bond motifs is 11. The summed E-state index contributed by atoms with van der Waals surface area (Å²) >= 11 is -14.0. The molecule has 0 saturated carbocycles. The predicted octanol–water partition coefficient (Wildman–Crippen LogP) is -12.6. The summed E-state index contributed by atoms with van der Waals surface area (Å²) in [7, 11) is 0. The fourth-order valence-electron chi connectivity index (χ4n) is 6.30. The van der Waals surface area contributed by atoms with Gasteiger partial charge in [-0.05, 0) is 0 Å². The second kappa shape index (κ2) is 25.1. The van der Waals surface area contributed by atoms with Crippen LogP contribution in [0.15, 0.2) is 0 Å². The van der Waals surface area contributed by atoms with Crippen LogP contribution in [-0.2, 0) is 103 Å². The average molecular weight is 1020 g/mol. The first-order valence-corrected chi connectivity index (χ1v) is 25.3. The van der Waals surface area contributed by atoms with E-state index >= 15 is 0 Å². The first kappa shape index (κ1) is 51.8. The van der Waals surface area contributed by atoms with E-state index in [1.54, 1.807) is 0 Å². The third-order valence-electron chi connectivity index (χ3n) is 9.14. The molecule has 0 atom stereocenters. The van der Waals surface area contributed by atoms with Gasteiger partial charge in [-0.3, -0.25) is 58.2 Å². The van der Waals surface area contributed by atoms with Gasteiger partial charge in [0, 0.05) is 58.9 Å². The Morgan fingerprint density at radius 3 is 1.88 bits per heavy atom. The standard InChI is InChI=1S/3C10H16N2O9.4Al/c3*13-7(14)3-11(4-8(15)16)1-2-12(5-9(17)18)6-10(19)21-20;;;;/h3*20H,1-6H2,(H,13,14)(H,15,16)(H,17,18);;;;/q;;;4*+3/p-12. The molecular formula is C30H36Al4N6O27. The highest BCUT2D eigenvalue weighted by molar-refractivity contribution is 6.42. The number of carboxylic acid groups (broad SMARTS) is 3. The van der Waals surface area contributed by atoms with Crippen LogP contribution in [0.25, 0.3) is 0 Å². The lowest BCUT2D eigenvalue weighted by Crippen LogP contribution is -2.51. The van der Waals surface area contributed by atoms with Crippen molar-refractivity contribution in [2.75, 3.05) is 118 Å². The lowest BCUT2D eigenvalue weighted by atomic mass is 10.4. The zero-order chi connectivity index (χ0) is 48.0. The van der Waals surface area contributed by atoms with Crippen molar-refractivity contribution >= 4 is 132 Å². The summed E-state index contributed by atoms with van der Waals surface area (Å²) in [5.74, 6) is -10.9. The van der Waals surface area contributed by atoms with Gasteiger partial charge in [0.1, 0.15) is 0 Å². The number of carboxylic acids is 3. The molecule has 4 fully saturated rings. The Morgan fingerprint density at radius 1 is 0.627 bits per heavy atom. The molecule has 67 heavy (non-hydrogen) atoms. The molecule has 7 rings (SSSR count). The van der Waals surface area contributed by atoms with Crippen LogP contribution in [0.2, 0.25) is 0 Å². The maximum absolute atomic E-state index is 13.0. The summed E-state index contributed by atoms with van der Waals surface area (Å²) in [6.45, 7) is -6.36. The maximum Gasteiger partial charge on any atom is 1.43 e. The maximum atomic E-state index is 13.0. The third-order valence-corrected chi connectivity index (χ3v) is 14.0. The topological polar surface area (TPSA) is 387 Å². The van der Waals surface area contributed by atoms with Crippen molar-refractivity contribution in [2.45, 2.75) is 0 Å². The van der Waals surface area contributed by atoms with Gasteiger partial charge in [-0.2, -0.15) is 0 Å². The Labute approximate surface area is 395 Å². The zero-order valence-electron chi connectivity index (χ0n) is 34.7. The fourth-order valence-corrected chi connectivity index (χ4v) is 10.1. The number of aliphatic carboxylic acids is 3. The molecule has 0 amide bonds. The van der Waals surface area contributed by atoms with E-state index in [1.807, 2.05) is 0 Å². The van der Waals surface area contributed by atoms with Crippen LogP contribution >= 0.6 is 0 Å². The monoisotopic (exact) mass is 1020 g/mol. The molecule has 0 aromatic heterocycles. The second-order valence-corrected chi connectivity index (χ2v) is 19.5. The van der Waals surface area contributed by atoms with Crippen molar-refractivity contribution in [1.82, 2.24) is 29.4 Å². The number of hydrogen-bond donors (Lipinski definition) is 0. The largest absolute Gasteiger partial charge is 1.43 e. The van der Waals surface area contributed by atoms with Crippen LogP contribution in [0.3, 0.4) is 0 Å². The molecule has 0 aliphatic carbocycles. The van der Waals surface area contributed by atoms with Crippen molar-refractivity contribution in [3.05, 3.63) is 0 Å². The molecule has 0 radical (unpaired) electrons. The molecule has 7 aliphatic heterocycles. The third kappa shape index (κ3) is 18.1. The minimum absolute atomic E-state index is 0.0129. The number of hydrogen-bond acceptors (Lipinski definition) is 30. The van der Waals surface area contributed by atoms with E-state index < -0.39 is 179 Å². The molecule has 4 saturated heterocycles. The summed E-state index contributed by atoms with van der Waals surface area (Å²) in [4.78, 5) is 133. The van der Waals surface area contributed by atoms with Gasteiger partial charge in [-0.1, -0.05) is 7.88 Å². The molecule has 37 heteroatoms. The molecular weight excluding hydrogens is 984 g/mol. The normalized spacial score (nSPS) is 21.9. The number of nitrogens with zero attached hydrogens (tertiary/aromatic N) is 6. The van der Waals surface area contributed by atoms with E-state index in [0.29, 0.717) is 0 Å². The second-order valence-electron chi connectivity index (χ2n) is 14.5. The average Bonchev–Trinajstić information content (AvgIpc) is 3.84. The van der Waals surface area contributed by atoms with Crippen molar-refractivity contribution in [3.8, 4) is 0 Å². The molecule has 360 valence electrons. The van der Waals surface area contributed by atoms with Crippen LogP contribution in [0.1, 0.15) is 0 Å². The zero-order valence-corrected chi connectivity index (χ0v) is 39.4. The van der Waals surface area contributed by atoms with E-state index in [9.17, 15) is 58.5 Å². The van der Waals surface area contributed by atoms with E-state index in [-0.39, 0.29) is 70.8 Å². The SMILES string of the molecule is O=C([O-])CN1CCN(CC(=O)[O][Al]2[O]OC(CN(CCN3CC(=O)[O][Al]([O+]=C4CN(CC(=O)[O-])CCN5CC(=O)[O][Al]([O]O4)[O]C(=O)C5)[O]C(=O)C3)CC(=O)[O-])=[O+]2)CC(=O)[O][Al]2[O]OC(=[O+]2)C1. The minimum Gasteiger partial charge on any atom is -0.558 e. The molecule has 0 aromatic rings. The predicted molar refractivity (Wildman–Crippen MR) is 195 cm³/mol. The highest BCUT2D eigenvalue weighted by Crippen LogP contribution is 2.11. The Bertz CT molecular complexity index is 1980. The highest BCUT2D eigenvalue weighted by Gasteiger charge is 2.67. The van der Waals surface area contributed by atoms with Gasteiger partial charge in [0.15, 0.2) is 19.6 Å². The first-order chi connectivity index (χ1) is 32.0. The molecule has 7 heterocycles. The Kier molecular flexibility index (Phi) is 19.4. The van der Waals surface area contributed by atoms with Crippen molar-refractivity contribution in [1.29, 1.82) is 0 Å². The summed E-state index contributed by atoms with van der Waals surface area (Å²) in [6.07, 6.45) is 0. The van der Waals surface area contributed by atoms with Gasteiger partial charge >= 0.3 is 78.5 Å². The number of carbonyl (C=O) groups is 9. The molecule has 0 spiro atoms. The van der Waals surface area contributed by atoms with E-state index in [0.717, 1.165) is 0 Å². The molecule has 0 unspecified atom stereocenters. The highest BCUT2D eigenvalue weighted by atomic mass is 27.3. The number of rotatable bonds is 15. The van der Waals surface area contributed by atoms with Gasteiger partial charge in [-0.25, -0.2) is 0 Å². The van der Waals surface area contributed by atoms with E-state index in [2.05, 4.69) is 0 Å². The molecule has 7 aliphatic rings.